The lowest BCUT2D eigenvalue weighted by molar-refractivity contribution is -0.119. The van der Waals surface area contributed by atoms with E-state index >= 15 is 0 Å². The van der Waals surface area contributed by atoms with Gasteiger partial charge in [0.1, 0.15) is 0 Å². The Morgan fingerprint density at radius 3 is 2.75 bits per heavy atom. The number of nitrogens with one attached hydrogen (secondary N) is 1. The number of hydrogen-bond donors (Lipinski definition) is 2. The zero-order valence-corrected chi connectivity index (χ0v) is 10.4. The Balaban J connectivity index is 2.64. The summed E-state index contributed by atoms with van der Waals surface area (Å²) in [4.78, 5) is 12.1. The molecular formula is C11H13ClN2OS. The van der Waals surface area contributed by atoms with Crippen molar-refractivity contribution in [3.05, 3.63) is 29.3 Å². The fourth-order valence-electron chi connectivity index (χ4n) is 1.21. The average molecular weight is 257 g/mol. The second kappa shape index (κ2) is 5.82. The molecular weight excluding hydrogens is 244 g/mol. The number of benzene rings is 1. The molecule has 1 unspecified atom stereocenters. The summed E-state index contributed by atoms with van der Waals surface area (Å²) in [6, 6.07) is 7.07. The van der Waals surface area contributed by atoms with Crippen molar-refractivity contribution in [1.29, 1.82) is 0 Å². The van der Waals surface area contributed by atoms with E-state index in [-0.39, 0.29) is 11.8 Å². The van der Waals surface area contributed by atoms with Crippen LogP contribution in [0.25, 0.3) is 0 Å². The van der Waals surface area contributed by atoms with E-state index in [4.69, 9.17) is 29.6 Å². The topological polar surface area (TPSA) is 55.1 Å². The van der Waals surface area contributed by atoms with E-state index in [9.17, 15) is 4.79 Å². The number of halogens is 1. The van der Waals surface area contributed by atoms with E-state index < -0.39 is 0 Å². The minimum atomic E-state index is -0.256. The van der Waals surface area contributed by atoms with Crippen LogP contribution in [0.1, 0.15) is 13.3 Å². The van der Waals surface area contributed by atoms with Gasteiger partial charge in [-0.25, -0.2) is 0 Å². The monoisotopic (exact) mass is 256 g/mol. The molecule has 5 heteroatoms. The summed E-state index contributed by atoms with van der Waals surface area (Å²) < 4.78 is 0. The van der Waals surface area contributed by atoms with E-state index in [2.05, 4.69) is 5.32 Å². The van der Waals surface area contributed by atoms with Gasteiger partial charge in [-0.05, 0) is 12.1 Å². The highest BCUT2D eigenvalue weighted by Crippen LogP contribution is 2.21. The van der Waals surface area contributed by atoms with Crippen LogP contribution in [0.15, 0.2) is 24.3 Å². The van der Waals surface area contributed by atoms with Crippen LogP contribution >= 0.6 is 23.8 Å². The average Bonchev–Trinajstić information content (AvgIpc) is 2.20. The van der Waals surface area contributed by atoms with Crippen LogP contribution in [0.4, 0.5) is 5.69 Å². The number of hydrogen-bond acceptors (Lipinski definition) is 2. The van der Waals surface area contributed by atoms with Gasteiger partial charge in [0.2, 0.25) is 5.91 Å². The molecule has 1 rings (SSSR count). The molecule has 1 amide bonds. The molecule has 0 saturated heterocycles. The van der Waals surface area contributed by atoms with Gasteiger partial charge < -0.3 is 11.1 Å². The predicted molar refractivity (Wildman–Crippen MR) is 70.6 cm³/mol. The maximum absolute atomic E-state index is 11.7. The van der Waals surface area contributed by atoms with E-state index in [0.717, 1.165) is 0 Å². The Morgan fingerprint density at radius 2 is 2.19 bits per heavy atom. The van der Waals surface area contributed by atoms with E-state index in [1.165, 1.54) is 0 Å². The van der Waals surface area contributed by atoms with Crippen LogP contribution in [0, 0.1) is 5.92 Å². The molecule has 86 valence electrons. The van der Waals surface area contributed by atoms with Crippen LogP contribution in [0.5, 0.6) is 0 Å². The quantitative estimate of drug-likeness (QED) is 0.815. The largest absolute Gasteiger partial charge is 0.393 e. The summed E-state index contributed by atoms with van der Waals surface area (Å²) in [5.41, 5.74) is 5.98. The van der Waals surface area contributed by atoms with E-state index in [0.29, 0.717) is 22.1 Å². The van der Waals surface area contributed by atoms with Crippen LogP contribution in [0.2, 0.25) is 5.02 Å². The first kappa shape index (κ1) is 12.9. The Kier molecular flexibility index (Phi) is 4.71. The molecule has 0 spiro atoms. The van der Waals surface area contributed by atoms with Gasteiger partial charge in [0, 0.05) is 12.3 Å². The molecule has 0 aliphatic carbocycles. The predicted octanol–water partition coefficient (Wildman–Crippen LogP) is 2.59. The number of thiocarbonyl (C=S) groups is 1. The Hall–Kier alpha value is -1.13. The van der Waals surface area contributed by atoms with Crippen molar-refractivity contribution in [3.63, 3.8) is 0 Å². The van der Waals surface area contributed by atoms with Gasteiger partial charge >= 0.3 is 0 Å². The van der Waals surface area contributed by atoms with Gasteiger partial charge in [0.25, 0.3) is 0 Å². The third kappa shape index (κ3) is 3.79. The van der Waals surface area contributed by atoms with Crippen molar-refractivity contribution in [2.24, 2.45) is 11.7 Å². The molecule has 3 N–H and O–H groups in total. The Bertz CT molecular complexity index is 409. The van der Waals surface area contributed by atoms with E-state index in [1.54, 1.807) is 31.2 Å². The fraction of sp³-hybridized carbons (Fsp3) is 0.273. The van der Waals surface area contributed by atoms with Crippen molar-refractivity contribution in [2.75, 3.05) is 5.32 Å². The minimum Gasteiger partial charge on any atom is -0.393 e. The first-order chi connectivity index (χ1) is 7.50. The fourth-order valence-corrected chi connectivity index (χ4v) is 1.65. The number of nitrogens with two attached hydrogens (primary N) is 1. The minimum absolute atomic E-state index is 0.138. The smallest absolute Gasteiger partial charge is 0.227 e. The van der Waals surface area contributed by atoms with Crippen molar-refractivity contribution in [2.45, 2.75) is 13.3 Å². The van der Waals surface area contributed by atoms with Crippen molar-refractivity contribution in [3.8, 4) is 0 Å². The second-order valence-electron chi connectivity index (χ2n) is 3.54. The first-order valence-corrected chi connectivity index (χ1v) is 5.63. The number of rotatable bonds is 4. The highest BCUT2D eigenvalue weighted by atomic mass is 35.5. The number of para-hydroxylation sites is 1. The van der Waals surface area contributed by atoms with Crippen LogP contribution in [0.3, 0.4) is 0 Å². The van der Waals surface area contributed by atoms with Crippen molar-refractivity contribution < 1.29 is 4.79 Å². The summed E-state index contributed by atoms with van der Waals surface area (Å²) in [6.07, 6.45) is 0.394. The van der Waals surface area contributed by atoms with Crippen LogP contribution < -0.4 is 11.1 Å². The van der Waals surface area contributed by atoms with Gasteiger partial charge in [-0.2, -0.15) is 0 Å². The standard InChI is InChI=1S/C11H13ClN2OS/c1-7(6-10(13)16)11(15)14-9-5-3-2-4-8(9)12/h2-5,7H,6H2,1H3,(H2,13,16)(H,14,15). The van der Waals surface area contributed by atoms with Crippen LogP contribution in [-0.2, 0) is 4.79 Å². The van der Waals surface area contributed by atoms with Gasteiger partial charge in [-0.15, -0.1) is 0 Å². The second-order valence-corrected chi connectivity index (χ2v) is 4.47. The summed E-state index contributed by atoms with van der Waals surface area (Å²) >= 11 is 10.7. The molecule has 0 bridgehead atoms. The number of carbonyl (C=O) groups is 1. The SMILES string of the molecule is CC(CC(N)=S)C(=O)Nc1ccccc1Cl. The molecule has 1 atom stereocenters. The zero-order valence-electron chi connectivity index (χ0n) is 8.87. The molecule has 0 aromatic heterocycles. The highest BCUT2D eigenvalue weighted by Gasteiger charge is 2.14. The molecule has 3 nitrogen and oxygen atoms in total. The van der Waals surface area contributed by atoms with Crippen LogP contribution in [-0.4, -0.2) is 10.9 Å². The lowest BCUT2D eigenvalue weighted by Gasteiger charge is -2.12. The summed E-state index contributed by atoms with van der Waals surface area (Å²) in [7, 11) is 0. The molecule has 0 radical (unpaired) electrons. The molecule has 0 fully saturated rings. The zero-order chi connectivity index (χ0) is 12.1. The number of amides is 1. The van der Waals surface area contributed by atoms with Gasteiger partial charge in [-0.1, -0.05) is 42.9 Å². The van der Waals surface area contributed by atoms with Gasteiger partial charge in [0.05, 0.1) is 15.7 Å². The van der Waals surface area contributed by atoms with Crippen molar-refractivity contribution >= 4 is 40.4 Å². The van der Waals surface area contributed by atoms with Gasteiger partial charge in [-0.3, -0.25) is 4.79 Å². The summed E-state index contributed by atoms with van der Waals surface area (Å²) in [6.45, 7) is 1.77. The molecule has 16 heavy (non-hydrogen) atoms. The molecule has 0 aliphatic rings. The lowest BCUT2D eigenvalue weighted by Crippen LogP contribution is -2.24. The Labute approximate surface area is 105 Å². The molecule has 0 saturated carbocycles. The molecule has 0 aliphatic heterocycles. The number of carbonyl (C=O) groups excluding carboxylic acids is 1. The number of anilines is 1. The maximum Gasteiger partial charge on any atom is 0.227 e. The van der Waals surface area contributed by atoms with Crippen molar-refractivity contribution in [1.82, 2.24) is 0 Å². The first-order valence-electron chi connectivity index (χ1n) is 4.84. The summed E-state index contributed by atoms with van der Waals surface area (Å²) in [5, 5.41) is 3.24. The molecule has 1 aromatic rings. The molecule has 0 heterocycles. The third-order valence-electron chi connectivity index (χ3n) is 2.09. The highest BCUT2D eigenvalue weighted by molar-refractivity contribution is 7.80. The lowest BCUT2D eigenvalue weighted by atomic mass is 10.1. The molecule has 1 aromatic carbocycles. The third-order valence-corrected chi connectivity index (χ3v) is 2.58. The van der Waals surface area contributed by atoms with Gasteiger partial charge in [0.15, 0.2) is 0 Å². The van der Waals surface area contributed by atoms with E-state index in [1.807, 2.05) is 0 Å². The Morgan fingerprint density at radius 1 is 1.56 bits per heavy atom. The normalized spacial score (nSPS) is 11.9. The summed E-state index contributed by atoms with van der Waals surface area (Å²) in [5.74, 6) is -0.394. The maximum atomic E-state index is 11.7.